The van der Waals surface area contributed by atoms with Gasteiger partial charge in [0.1, 0.15) is 0 Å². The third-order valence-corrected chi connectivity index (χ3v) is 1.84. The van der Waals surface area contributed by atoms with Gasteiger partial charge in [0, 0.05) is 0 Å². The Bertz CT molecular complexity index is 295. The van der Waals surface area contributed by atoms with Gasteiger partial charge in [0.05, 0.1) is 5.56 Å². The average molecular weight is 187 g/mol. The highest BCUT2D eigenvalue weighted by atomic mass is 35.5. The summed E-state index contributed by atoms with van der Waals surface area (Å²) in [5, 5.41) is 8.69. The Balaban J connectivity index is 0.00000121. The first-order valence-corrected chi connectivity index (χ1v) is 3.42. The monoisotopic (exact) mass is 186 g/mol. The lowest BCUT2D eigenvalue weighted by Gasteiger charge is -2.02. The van der Waals surface area contributed by atoms with E-state index in [1.165, 1.54) is 0 Å². The van der Waals surface area contributed by atoms with Gasteiger partial charge in [0.2, 0.25) is 0 Å². The summed E-state index contributed by atoms with van der Waals surface area (Å²) in [5.74, 6) is -0.855. The van der Waals surface area contributed by atoms with Crippen molar-refractivity contribution >= 4 is 18.4 Å². The van der Waals surface area contributed by atoms with Gasteiger partial charge < -0.3 is 5.11 Å². The molecule has 0 aliphatic carbocycles. The van der Waals surface area contributed by atoms with Crippen LogP contribution < -0.4 is 0 Å². The van der Waals surface area contributed by atoms with Crippen LogP contribution in [0.5, 0.6) is 0 Å². The van der Waals surface area contributed by atoms with E-state index in [-0.39, 0.29) is 12.4 Å². The maximum Gasteiger partial charge on any atom is 0.335 e. The van der Waals surface area contributed by atoms with Crippen LogP contribution in [-0.4, -0.2) is 11.1 Å². The standard InChI is InChI=1S/C9H10O2.ClH/c1-6-4-3-5-8(7(6)2)9(10)11;/h3-5H,1-2H3,(H,10,11);1H. The second kappa shape index (κ2) is 4.12. The van der Waals surface area contributed by atoms with Gasteiger partial charge in [-0.15, -0.1) is 12.4 Å². The Hall–Kier alpha value is -1.02. The van der Waals surface area contributed by atoms with E-state index < -0.39 is 5.97 Å². The van der Waals surface area contributed by atoms with E-state index >= 15 is 0 Å². The number of hydrogen-bond donors (Lipinski definition) is 1. The fraction of sp³-hybridized carbons (Fsp3) is 0.222. The van der Waals surface area contributed by atoms with Crippen LogP contribution in [0.2, 0.25) is 0 Å². The second-order valence-corrected chi connectivity index (χ2v) is 2.55. The van der Waals surface area contributed by atoms with Crippen LogP contribution in [0.4, 0.5) is 0 Å². The summed E-state index contributed by atoms with van der Waals surface area (Å²) < 4.78 is 0. The van der Waals surface area contributed by atoms with Crippen LogP contribution in [0.3, 0.4) is 0 Å². The van der Waals surface area contributed by atoms with Crippen molar-refractivity contribution in [2.45, 2.75) is 13.8 Å². The molecular formula is C9H11ClO2. The Labute approximate surface area is 77.6 Å². The minimum Gasteiger partial charge on any atom is -0.478 e. The smallest absolute Gasteiger partial charge is 0.335 e. The zero-order valence-electron chi connectivity index (χ0n) is 7.00. The number of aromatic carboxylic acids is 1. The summed E-state index contributed by atoms with van der Waals surface area (Å²) >= 11 is 0. The van der Waals surface area contributed by atoms with Crippen LogP contribution in [0.25, 0.3) is 0 Å². The molecule has 0 saturated carbocycles. The van der Waals surface area contributed by atoms with Gasteiger partial charge in [-0.25, -0.2) is 4.79 Å². The maximum absolute atomic E-state index is 10.6. The Morgan fingerprint density at radius 3 is 2.33 bits per heavy atom. The summed E-state index contributed by atoms with van der Waals surface area (Å²) in [4.78, 5) is 10.6. The molecule has 1 rings (SSSR count). The summed E-state index contributed by atoms with van der Waals surface area (Å²) in [5.41, 5.74) is 2.26. The lowest BCUT2D eigenvalue weighted by atomic mass is 10.0. The van der Waals surface area contributed by atoms with Crippen LogP contribution in [0.15, 0.2) is 18.2 Å². The first kappa shape index (κ1) is 11.0. The van der Waals surface area contributed by atoms with Crippen molar-refractivity contribution in [2.24, 2.45) is 0 Å². The van der Waals surface area contributed by atoms with E-state index in [0.29, 0.717) is 5.56 Å². The molecule has 2 nitrogen and oxygen atoms in total. The number of aryl methyl sites for hydroxylation is 1. The fourth-order valence-electron chi connectivity index (χ4n) is 0.983. The predicted octanol–water partition coefficient (Wildman–Crippen LogP) is 2.42. The second-order valence-electron chi connectivity index (χ2n) is 2.55. The van der Waals surface area contributed by atoms with Crippen molar-refractivity contribution in [1.82, 2.24) is 0 Å². The molecule has 3 heteroatoms. The molecule has 0 unspecified atom stereocenters. The van der Waals surface area contributed by atoms with E-state index in [0.717, 1.165) is 11.1 Å². The molecule has 0 amide bonds. The summed E-state index contributed by atoms with van der Waals surface area (Å²) in [6.07, 6.45) is 0. The number of carbonyl (C=O) groups is 1. The van der Waals surface area contributed by atoms with E-state index in [9.17, 15) is 4.79 Å². The van der Waals surface area contributed by atoms with Crippen LogP contribution in [-0.2, 0) is 0 Å². The quantitative estimate of drug-likeness (QED) is 0.732. The first-order chi connectivity index (χ1) is 5.13. The largest absolute Gasteiger partial charge is 0.478 e. The fourth-order valence-corrected chi connectivity index (χ4v) is 0.983. The van der Waals surface area contributed by atoms with E-state index in [1.54, 1.807) is 12.1 Å². The Kier molecular flexibility index (Phi) is 3.77. The highest BCUT2D eigenvalue weighted by Gasteiger charge is 2.06. The molecule has 0 saturated heterocycles. The summed E-state index contributed by atoms with van der Waals surface area (Å²) in [6, 6.07) is 5.28. The molecule has 0 heterocycles. The third kappa shape index (κ3) is 1.98. The van der Waals surface area contributed by atoms with E-state index in [2.05, 4.69) is 0 Å². The zero-order chi connectivity index (χ0) is 8.43. The van der Waals surface area contributed by atoms with Gasteiger partial charge >= 0.3 is 5.97 Å². The summed E-state index contributed by atoms with van der Waals surface area (Å²) in [7, 11) is 0. The van der Waals surface area contributed by atoms with E-state index in [1.807, 2.05) is 19.9 Å². The number of halogens is 1. The number of carboxylic acid groups (broad SMARTS) is 1. The van der Waals surface area contributed by atoms with Gasteiger partial charge in [-0.3, -0.25) is 0 Å². The van der Waals surface area contributed by atoms with Crippen molar-refractivity contribution < 1.29 is 9.90 Å². The van der Waals surface area contributed by atoms with Crippen LogP contribution >= 0.6 is 12.4 Å². The van der Waals surface area contributed by atoms with Crippen molar-refractivity contribution in [2.75, 3.05) is 0 Å². The molecule has 1 aromatic rings. The normalized spacial score (nSPS) is 8.83. The topological polar surface area (TPSA) is 37.3 Å². The summed E-state index contributed by atoms with van der Waals surface area (Å²) in [6.45, 7) is 3.72. The van der Waals surface area contributed by atoms with Gasteiger partial charge in [0.15, 0.2) is 0 Å². The molecule has 1 N–H and O–H groups in total. The number of rotatable bonds is 1. The molecular weight excluding hydrogens is 176 g/mol. The van der Waals surface area contributed by atoms with Crippen molar-refractivity contribution in [3.63, 3.8) is 0 Å². The molecule has 0 bridgehead atoms. The highest BCUT2D eigenvalue weighted by molar-refractivity contribution is 5.89. The van der Waals surface area contributed by atoms with Gasteiger partial charge in [0.25, 0.3) is 0 Å². The molecule has 0 radical (unpaired) electrons. The van der Waals surface area contributed by atoms with Crippen LogP contribution in [0, 0.1) is 13.8 Å². The molecule has 0 aliphatic rings. The molecule has 0 fully saturated rings. The van der Waals surface area contributed by atoms with Crippen LogP contribution in [0.1, 0.15) is 21.5 Å². The van der Waals surface area contributed by atoms with Gasteiger partial charge in [-0.2, -0.15) is 0 Å². The molecule has 0 spiro atoms. The molecule has 66 valence electrons. The van der Waals surface area contributed by atoms with Crippen molar-refractivity contribution in [1.29, 1.82) is 0 Å². The Morgan fingerprint density at radius 1 is 1.33 bits per heavy atom. The van der Waals surface area contributed by atoms with Gasteiger partial charge in [-0.1, -0.05) is 12.1 Å². The van der Waals surface area contributed by atoms with Gasteiger partial charge in [-0.05, 0) is 31.0 Å². The molecule has 0 aromatic heterocycles. The maximum atomic E-state index is 10.6. The number of hydrogen-bond acceptors (Lipinski definition) is 1. The molecule has 12 heavy (non-hydrogen) atoms. The molecule has 1 aromatic carbocycles. The van der Waals surface area contributed by atoms with Crippen molar-refractivity contribution in [3.05, 3.63) is 34.9 Å². The predicted molar refractivity (Wildman–Crippen MR) is 50.1 cm³/mol. The number of carboxylic acids is 1. The lowest BCUT2D eigenvalue weighted by molar-refractivity contribution is 0.0696. The first-order valence-electron chi connectivity index (χ1n) is 3.42. The van der Waals surface area contributed by atoms with E-state index in [4.69, 9.17) is 5.11 Å². The SMILES string of the molecule is Cc1cccc(C(=O)O)c1C.Cl. The number of benzene rings is 1. The zero-order valence-corrected chi connectivity index (χ0v) is 7.81. The Morgan fingerprint density at radius 2 is 1.92 bits per heavy atom. The highest BCUT2D eigenvalue weighted by Crippen LogP contribution is 2.11. The minimum atomic E-state index is -0.855. The third-order valence-electron chi connectivity index (χ3n) is 1.84. The molecule has 0 aliphatic heterocycles. The lowest BCUT2D eigenvalue weighted by Crippen LogP contribution is -2.00. The minimum absolute atomic E-state index is 0. The molecule has 0 atom stereocenters. The average Bonchev–Trinajstić information content (AvgIpc) is 1.94. The van der Waals surface area contributed by atoms with Crippen molar-refractivity contribution in [3.8, 4) is 0 Å².